The van der Waals surface area contributed by atoms with E-state index in [0.29, 0.717) is 11.8 Å². The van der Waals surface area contributed by atoms with Gasteiger partial charge in [-0.3, -0.25) is 9.00 Å². The lowest BCUT2D eigenvalue weighted by Crippen LogP contribution is -2.46. The summed E-state index contributed by atoms with van der Waals surface area (Å²) < 4.78 is 11.4. The summed E-state index contributed by atoms with van der Waals surface area (Å²) in [6, 6.07) is 7.92. The van der Waals surface area contributed by atoms with E-state index in [1.807, 2.05) is 29.2 Å². The molecule has 1 aliphatic rings. The van der Waals surface area contributed by atoms with Crippen LogP contribution in [0.4, 0.5) is 0 Å². The van der Waals surface area contributed by atoms with Crippen LogP contribution in [0.15, 0.2) is 24.3 Å². The molecule has 1 aromatic rings. The standard InChI is InChI=1S/C17H26N2O2S/c1-3-11-19(16-7-9-18-10-8-16)17(20)15-6-4-5-14(12-15)13-22(2)21/h4-6,12,16,18H,3,7-11,13H2,1-2H3. The lowest BCUT2D eigenvalue weighted by Gasteiger charge is -2.34. The molecule has 1 amide bonds. The van der Waals surface area contributed by atoms with E-state index in [0.717, 1.165) is 50.0 Å². The van der Waals surface area contributed by atoms with Crippen LogP contribution in [0.3, 0.4) is 0 Å². The lowest BCUT2D eigenvalue weighted by atomic mass is 10.0. The van der Waals surface area contributed by atoms with Crippen molar-refractivity contribution < 1.29 is 9.00 Å². The third kappa shape index (κ3) is 4.65. The van der Waals surface area contributed by atoms with Gasteiger partial charge in [-0.1, -0.05) is 19.1 Å². The van der Waals surface area contributed by atoms with Crippen molar-refractivity contribution in [2.45, 2.75) is 38.0 Å². The summed E-state index contributed by atoms with van der Waals surface area (Å²) in [4.78, 5) is 14.9. The lowest BCUT2D eigenvalue weighted by molar-refractivity contribution is 0.0642. The van der Waals surface area contributed by atoms with E-state index in [-0.39, 0.29) is 5.91 Å². The fourth-order valence-corrected chi connectivity index (χ4v) is 3.65. The van der Waals surface area contributed by atoms with Gasteiger partial charge in [-0.05, 0) is 50.0 Å². The van der Waals surface area contributed by atoms with Crippen LogP contribution in [0, 0.1) is 0 Å². The Labute approximate surface area is 135 Å². The van der Waals surface area contributed by atoms with E-state index in [4.69, 9.17) is 0 Å². The fraction of sp³-hybridized carbons (Fsp3) is 0.588. The quantitative estimate of drug-likeness (QED) is 0.873. The number of carbonyl (C=O) groups is 1. The van der Waals surface area contributed by atoms with Crippen LogP contribution in [0.1, 0.15) is 42.1 Å². The van der Waals surface area contributed by atoms with Crippen molar-refractivity contribution in [1.82, 2.24) is 10.2 Å². The molecule has 1 heterocycles. The second-order valence-electron chi connectivity index (χ2n) is 5.90. The Balaban J connectivity index is 2.16. The fourth-order valence-electron chi connectivity index (χ4n) is 3.00. The number of rotatable bonds is 6. The largest absolute Gasteiger partial charge is 0.336 e. The summed E-state index contributed by atoms with van der Waals surface area (Å²) in [6.07, 6.45) is 4.69. The molecule has 0 aliphatic carbocycles. The monoisotopic (exact) mass is 322 g/mol. The van der Waals surface area contributed by atoms with Gasteiger partial charge in [-0.15, -0.1) is 0 Å². The second-order valence-corrected chi connectivity index (χ2v) is 7.33. The van der Waals surface area contributed by atoms with Gasteiger partial charge in [0.05, 0.1) is 0 Å². The summed E-state index contributed by atoms with van der Waals surface area (Å²) in [7, 11) is -0.890. The predicted octanol–water partition coefficient (Wildman–Crippen LogP) is 2.17. The van der Waals surface area contributed by atoms with Gasteiger partial charge in [0.25, 0.3) is 5.91 Å². The first kappa shape index (κ1) is 17.2. The Morgan fingerprint density at radius 2 is 2.09 bits per heavy atom. The minimum absolute atomic E-state index is 0.109. The van der Waals surface area contributed by atoms with E-state index in [1.165, 1.54) is 0 Å². The smallest absolute Gasteiger partial charge is 0.254 e. The summed E-state index contributed by atoms with van der Waals surface area (Å²) in [6.45, 7) is 4.87. The minimum Gasteiger partial charge on any atom is -0.336 e. The maximum Gasteiger partial charge on any atom is 0.254 e. The topological polar surface area (TPSA) is 49.4 Å². The molecular weight excluding hydrogens is 296 g/mol. The van der Waals surface area contributed by atoms with Gasteiger partial charge >= 0.3 is 0 Å². The molecule has 1 saturated heterocycles. The molecule has 0 aromatic heterocycles. The Morgan fingerprint density at radius 3 is 2.73 bits per heavy atom. The normalized spacial score (nSPS) is 17.2. The molecule has 5 heteroatoms. The molecule has 1 unspecified atom stereocenters. The summed E-state index contributed by atoms with van der Waals surface area (Å²) in [5.74, 6) is 0.611. The Bertz CT molecular complexity index is 527. The average molecular weight is 322 g/mol. The third-order valence-corrected chi connectivity index (χ3v) is 4.76. The van der Waals surface area contributed by atoms with Crippen LogP contribution >= 0.6 is 0 Å². The van der Waals surface area contributed by atoms with Gasteiger partial charge in [0.2, 0.25) is 0 Å². The number of benzene rings is 1. The highest BCUT2D eigenvalue weighted by Gasteiger charge is 2.25. The first-order valence-corrected chi connectivity index (χ1v) is 9.75. The van der Waals surface area contributed by atoms with E-state index in [1.54, 1.807) is 6.26 Å². The average Bonchev–Trinajstić information content (AvgIpc) is 2.52. The van der Waals surface area contributed by atoms with Gasteiger partial charge < -0.3 is 10.2 Å². The van der Waals surface area contributed by atoms with E-state index >= 15 is 0 Å². The van der Waals surface area contributed by atoms with E-state index in [9.17, 15) is 9.00 Å². The van der Waals surface area contributed by atoms with Crippen molar-refractivity contribution in [3.63, 3.8) is 0 Å². The predicted molar refractivity (Wildman–Crippen MR) is 91.4 cm³/mol. The van der Waals surface area contributed by atoms with Crippen LogP contribution in [-0.2, 0) is 16.6 Å². The zero-order chi connectivity index (χ0) is 15.9. The highest BCUT2D eigenvalue weighted by atomic mass is 32.2. The van der Waals surface area contributed by atoms with Gasteiger partial charge in [-0.25, -0.2) is 0 Å². The summed E-state index contributed by atoms with van der Waals surface area (Å²) >= 11 is 0. The van der Waals surface area contributed by atoms with Crippen LogP contribution in [-0.4, -0.2) is 46.9 Å². The maximum atomic E-state index is 12.9. The van der Waals surface area contributed by atoms with Crippen molar-refractivity contribution in [1.29, 1.82) is 0 Å². The highest BCUT2D eigenvalue weighted by molar-refractivity contribution is 7.83. The Kier molecular flexibility index (Phi) is 6.58. The summed E-state index contributed by atoms with van der Waals surface area (Å²) in [5.41, 5.74) is 1.68. The minimum atomic E-state index is -0.890. The van der Waals surface area contributed by atoms with Crippen molar-refractivity contribution in [2.75, 3.05) is 25.9 Å². The molecule has 1 aromatic carbocycles. The van der Waals surface area contributed by atoms with Crippen LogP contribution in [0.2, 0.25) is 0 Å². The molecule has 0 radical (unpaired) electrons. The van der Waals surface area contributed by atoms with Gasteiger partial charge in [0, 0.05) is 41.0 Å². The number of carbonyl (C=O) groups excluding carboxylic acids is 1. The van der Waals surface area contributed by atoms with E-state index < -0.39 is 10.8 Å². The molecule has 4 nitrogen and oxygen atoms in total. The molecule has 0 saturated carbocycles. The molecule has 1 fully saturated rings. The number of hydrogen-bond acceptors (Lipinski definition) is 3. The molecule has 2 rings (SSSR count). The molecule has 1 N–H and O–H groups in total. The Morgan fingerprint density at radius 1 is 1.36 bits per heavy atom. The summed E-state index contributed by atoms with van der Waals surface area (Å²) in [5, 5.41) is 3.35. The number of piperidine rings is 1. The van der Waals surface area contributed by atoms with Crippen molar-refractivity contribution in [3.8, 4) is 0 Å². The first-order chi connectivity index (χ1) is 10.6. The molecule has 1 atom stereocenters. The second kappa shape index (κ2) is 8.44. The molecule has 122 valence electrons. The van der Waals surface area contributed by atoms with Gasteiger partial charge in [0.1, 0.15) is 0 Å². The maximum absolute atomic E-state index is 12.9. The van der Waals surface area contributed by atoms with Crippen molar-refractivity contribution >= 4 is 16.7 Å². The van der Waals surface area contributed by atoms with Gasteiger partial charge in [0.15, 0.2) is 0 Å². The molecule has 1 aliphatic heterocycles. The Hall–Kier alpha value is -1.20. The van der Waals surface area contributed by atoms with Crippen molar-refractivity contribution in [2.24, 2.45) is 0 Å². The number of nitrogens with zero attached hydrogens (tertiary/aromatic N) is 1. The number of nitrogens with one attached hydrogen (secondary N) is 1. The van der Waals surface area contributed by atoms with E-state index in [2.05, 4.69) is 12.2 Å². The zero-order valence-electron chi connectivity index (χ0n) is 13.5. The number of hydrogen-bond donors (Lipinski definition) is 1. The number of amides is 1. The highest BCUT2D eigenvalue weighted by Crippen LogP contribution is 2.17. The third-order valence-electron chi connectivity index (χ3n) is 4.02. The van der Waals surface area contributed by atoms with Gasteiger partial charge in [-0.2, -0.15) is 0 Å². The molecule has 0 bridgehead atoms. The molecule has 22 heavy (non-hydrogen) atoms. The van der Waals surface area contributed by atoms with Crippen LogP contribution in [0.5, 0.6) is 0 Å². The molecule has 0 spiro atoms. The zero-order valence-corrected chi connectivity index (χ0v) is 14.3. The van der Waals surface area contributed by atoms with Crippen LogP contribution in [0.25, 0.3) is 0 Å². The SMILES string of the molecule is CCCN(C(=O)c1cccc(CS(C)=O)c1)C1CCNCC1. The van der Waals surface area contributed by atoms with Crippen LogP contribution < -0.4 is 5.32 Å². The molecular formula is C17H26N2O2S. The van der Waals surface area contributed by atoms with Crippen molar-refractivity contribution in [3.05, 3.63) is 35.4 Å². The first-order valence-electron chi connectivity index (χ1n) is 8.02.